The van der Waals surface area contributed by atoms with Crippen LogP contribution < -0.4 is 0 Å². The zero-order valence-corrected chi connectivity index (χ0v) is 5.57. The second kappa shape index (κ2) is 2.78. The van der Waals surface area contributed by atoms with E-state index < -0.39 is 6.43 Å². The molecule has 1 rings (SSSR count). The molecule has 10 heavy (non-hydrogen) atoms. The maximum absolute atomic E-state index is 11.9. The van der Waals surface area contributed by atoms with Gasteiger partial charge in [0.05, 0.1) is 0 Å². The van der Waals surface area contributed by atoms with Gasteiger partial charge in [-0.25, -0.2) is 0 Å². The average molecular weight is 141 g/mol. The van der Waals surface area contributed by atoms with Gasteiger partial charge in [-0.3, -0.25) is 0 Å². The molecule has 1 radical (unpaired) electrons. The molecular weight excluding hydrogens is 134 g/mol. The second-order valence-corrected chi connectivity index (χ2v) is 2.08. The summed E-state index contributed by atoms with van der Waals surface area (Å²) >= 11 is 0. The highest BCUT2D eigenvalue weighted by Crippen LogP contribution is 2.20. The van der Waals surface area contributed by atoms with Crippen LogP contribution in [0.2, 0.25) is 0 Å². The molecule has 0 amide bonds. The highest BCUT2D eigenvalue weighted by atomic mass is 19.3. The van der Waals surface area contributed by atoms with Crippen molar-refractivity contribution in [3.05, 3.63) is 41.8 Å². The average Bonchev–Trinajstić information content (AvgIpc) is 1.88. The Morgan fingerprint density at radius 2 is 1.80 bits per heavy atom. The summed E-state index contributed by atoms with van der Waals surface area (Å²) in [5.41, 5.74) is 0.657. The topological polar surface area (TPSA) is 0 Å². The van der Waals surface area contributed by atoms with Gasteiger partial charge in [-0.1, -0.05) is 24.3 Å². The lowest BCUT2D eigenvalue weighted by Crippen LogP contribution is -1.87. The van der Waals surface area contributed by atoms with Crippen molar-refractivity contribution >= 4 is 0 Å². The lowest BCUT2D eigenvalue weighted by molar-refractivity contribution is 0.324. The fraction of sp³-hybridized carbons (Fsp3) is 0.125. The Labute approximate surface area is 58.5 Å². The number of benzene rings is 1. The highest BCUT2D eigenvalue weighted by molar-refractivity contribution is 5.31. The van der Waals surface area contributed by atoms with Crippen LogP contribution in [-0.4, -0.2) is 0 Å². The zero-order valence-electron chi connectivity index (χ0n) is 5.57. The molecule has 1 aromatic rings. The van der Waals surface area contributed by atoms with Crippen molar-refractivity contribution in [1.29, 1.82) is 0 Å². The van der Waals surface area contributed by atoms with Crippen molar-refractivity contribution in [1.82, 2.24) is 0 Å². The summed E-state index contributed by atoms with van der Waals surface area (Å²) in [5, 5.41) is 0. The van der Waals surface area contributed by atoms with E-state index in [9.17, 15) is 8.78 Å². The lowest BCUT2D eigenvalue weighted by Gasteiger charge is -1.99. The van der Waals surface area contributed by atoms with Gasteiger partial charge in [0, 0.05) is 5.56 Å². The Hall–Kier alpha value is -0.920. The van der Waals surface area contributed by atoms with E-state index in [-0.39, 0.29) is 5.56 Å². The van der Waals surface area contributed by atoms with Crippen LogP contribution in [0.15, 0.2) is 24.3 Å². The van der Waals surface area contributed by atoms with Gasteiger partial charge < -0.3 is 0 Å². The molecule has 1 aromatic carbocycles. The van der Waals surface area contributed by atoms with E-state index in [4.69, 9.17) is 0 Å². The molecule has 0 aliphatic carbocycles. The Kier molecular flexibility index (Phi) is 2.00. The van der Waals surface area contributed by atoms with Crippen LogP contribution in [-0.2, 0) is 0 Å². The summed E-state index contributed by atoms with van der Waals surface area (Å²) in [6.07, 6.45) is -1.61. The van der Waals surface area contributed by atoms with Crippen molar-refractivity contribution in [3.8, 4) is 0 Å². The van der Waals surface area contributed by atoms with Gasteiger partial charge in [0.15, 0.2) is 0 Å². The molecule has 0 spiro atoms. The minimum atomic E-state index is -1.61. The van der Waals surface area contributed by atoms with Gasteiger partial charge in [-0.15, -0.1) is 0 Å². The predicted molar refractivity (Wildman–Crippen MR) is 35.7 cm³/mol. The van der Waals surface area contributed by atoms with Crippen molar-refractivity contribution in [3.63, 3.8) is 0 Å². The summed E-state index contributed by atoms with van der Waals surface area (Å²) in [7, 11) is 0. The molecule has 0 bridgehead atoms. The molecule has 0 aromatic heterocycles. The summed E-state index contributed by atoms with van der Waals surface area (Å²) in [5.74, 6) is 0. The van der Waals surface area contributed by atoms with Crippen LogP contribution >= 0.6 is 0 Å². The smallest absolute Gasteiger partial charge is 0.194 e. The van der Waals surface area contributed by atoms with Crippen molar-refractivity contribution < 1.29 is 8.78 Å². The zero-order chi connectivity index (χ0) is 7.56. The van der Waals surface area contributed by atoms with E-state index in [1.54, 1.807) is 25.1 Å². The number of rotatable bonds is 1. The van der Waals surface area contributed by atoms with E-state index in [2.05, 4.69) is 0 Å². The number of hydrogen-bond donors (Lipinski definition) is 0. The molecule has 0 N–H and O–H groups in total. The SMILES string of the molecule is Cc1ccccc1[C](F)F. The van der Waals surface area contributed by atoms with Gasteiger partial charge in [-0.2, -0.15) is 8.78 Å². The molecule has 0 heterocycles. The molecule has 0 saturated heterocycles. The summed E-state index contributed by atoms with van der Waals surface area (Å²) in [6, 6.07) is 6.41. The van der Waals surface area contributed by atoms with Crippen LogP contribution in [0.3, 0.4) is 0 Å². The third-order valence-corrected chi connectivity index (χ3v) is 1.35. The van der Waals surface area contributed by atoms with E-state index >= 15 is 0 Å². The molecule has 0 aliphatic heterocycles. The normalized spacial score (nSPS) is 10.4. The second-order valence-electron chi connectivity index (χ2n) is 2.08. The Bertz CT molecular complexity index is 218. The largest absolute Gasteiger partial charge is 0.340 e. The Morgan fingerprint density at radius 3 is 2.20 bits per heavy atom. The molecule has 0 unspecified atom stereocenters. The van der Waals surface area contributed by atoms with Crippen LogP contribution in [0.4, 0.5) is 8.78 Å². The standard InChI is InChI=1S/C8H7F2/c1-6-4-2-3-5-7(6)8(9)10/h2-5H,1H3. The molecule has 0 nitrogen and oxygen atoms in total. The molecule has 53 valence electrons. The van der Waals surface area contributed by atoms with Gasteiger partial charge in [0.25, 0.3) is 0 Å². The Balaban J connectivity index is 3.03. The van der Waals surface area contributed by atoms with Crippen molar-refractivity contribution in [2.24, 2.45) is 0 Å². The maximum atomic E-state index is 11.9. The number of aryl methyl sites for hydroxylation is 1. The van der Waals surface area contributed by atoms with Crippen molar-refractivity contribution in [2.45, 2.75) is 6.92 Å². The van der Waals surface area contributed by atoms with Crippen LogP contribution in [0.25, 0.3) is 0 Å². The Morgan fingerprint density at radius 1 is 1.20 bits per heavy atom. The summed E-state index contributed by atoms with van der Waals surface area (Å²) in [4.78, 5) is 0. The molecule has 0 atom stereocenters. The molecular formula is C8H7F2. The van der Waals surface area contributed by atoms with Crippen LogP contribution in [0.5, 0.6) is 0 Å². The first-order chi connectivity index (χ1) is 4.72. The number of hydrogen-bond acceptors (Lipinski definition) is 0. The third kappa shape index (κ3) is 1.32. The fourth-order valence-electron chi connectivity index (χ4n) is 0.785. The predicted octanol–water partition coefficient (Wildman–Crippen LogP) is 2.77. The first-order valence-electron chi connectivity index (χ1n) is 2.96. The summed E-state index contributed by atoms with van der Waals surface area (Å²) in [6.45, 7) is 1.66. The minimum absolute atomic E-state index is 0.0440. The van der Waals surface area contributed by atoms with Gasteiger partial charge in [-0.05, 0) is 12.5 Å². The first-order valence-corrected chi connectivity index (χ1v) is 2.96. The molecule has 0 fully saturated rings. The van der Waals surface area contributed by atoms with E-state index in [1.807, 2.05) is 0 Å². The summed E-state index contributed by atoms with van der Waals surface area (Å²) < 4.78 is 23.9. The quantitative estimate of drug-likeness (QED) is 0.564. The monoisotopic (exact) mass is 141 g/mol. The fourth-order valence-corrected chi connectivity index (χ4v) is 0.785. The minimum Gasteiger partial charge on any atom is -0.194 e. The third-order valence-electron chi connectivity index (χ3n) is 1.35. The first kappa shape index (κ1) is 7.19. The molecule has 0 aliphatic rings. The highest BCUT2D eigenvalue weighted by Gasteiger charge is 2.10. The van der Waals surface area contributed by atoms with Crippen molar-refractivity contribution in [2.75, 3.05) is 0 Å². The van der Waals surface area contributed by atoms with E-state index in [0.29, 0.717) is 5.56 Å². The molecule has 0 saturated carbocycles. The van der Waals surface area contributed by atoms with Gasteiger partial charge >= 0.3 is 6.43 Å². The molecule has 2 heteroatoms. The van der Waals surface area contributed by atoms with E-state index in [1.165, 1.54) is 6.07 Å². The lowest BCUT2D eigenvalue weighted by atomic mass is 10.1. The number of halogens is 2. The van der Waals surface area contributed by atoms with Crippen LogP contribution in [0.1, 0.15) is 11.1 Å². The maximum Gasteiger partial charge on any atom is 0.340 e. The van der Waals surface area contributed by atoms with Crippen LogP contribution in [0, 0.1) is 13.3 Å². The van der Waals surface area contributed by atoms with Gasteiger partial charge in [0.1, 0.15) is 0 Å². The van der Waals surface area contributed by atoms with Gasteiger partial charge in [0.2, 0.25) is 0 Å². The van der Waals surface area contributed by atoms with E-state index in [0.717, 1.165) is 0 Å².